The zero-order valence-corrected chi connectivity index (χ0v) is 8.55. The Morgan fingerprint density at radius 3 is 2.33 bits per heavy atom. The van der Waals surface area contributed by atoms with Crippen molar-refractivity contribution in [2.24, 2.45) is 0 Å². The van der Waals surface area contributed by atoms with Crippen molar-refractivity contribution in [3.05, 3.63) is 0 Å². The van der Waals surface area contributed by atoms with E-state index in [0.717, 1.165) is 19.3 Å². The zero-order chi connectivity index (χ0) is 9.35. The Morgan fingerprint density at radius 2 is 2.00 bits per heavy atom. The van der Waals surface area contributed by atoms with E-state index < -0.39 is 0 Å². The molecule has 2 heteroatoms. The quantitative estimate of drug-likeness (QED) is 0.589. The predicted molar refractivity (Wildman–Crippen MR) is 49.9 cm³/mol. The molecular formula is C10H19NO. The van der Waals surface area contributed by atoms with Crippen molar-refractivity contribution >= 4 is 5.91 Å². The molecule has 12 heavy (non-hydrogen) atoms. The van der Waals surface area contributed by atoms with Gasteiger partial charge in [0.05, 0.1) is 0 Å². The number of piperidine rings is 1. The molecule has 0 aromatic carbocycles. The fourth-order valence-electron chi connectivity index (χ4n) is 2.24. The molecule has 1 saturated heterocycles. The van der Waals surface area contributed by atoms with Crippen LogP contribution in [0.5, 0.6) is 0 Å². The number of rotatable bonds is 1. The normalized spacial score (nSPS) is 23.4. The number of carbonyl (C=O) groups excluding carboxylic acids is 1. The second-order valence-electron chi connectivity index (χ2n) is 4.52. The fourth-order valence-corrected chi connectivity index (χ4v) is 2.24. The number of nitrogens with zero attached hydrogens (tertiary/aromatic N) is 1. The largest absolute Gasteiger partial charge is 0.335 e. The molecule has 1 aliphatic heterocycles. The number of likely N-dealkylation sites (tertiary alicyclic amines) is 1. The summed E-state index contributed by atoms with van der Waals surface area (Å²) in [7, 11) is 0. The van der Waals surface area contributed by atoms with Crippen LogP contribution in [0.1, 0.15) is 47.0 Å². The van der Waals surface area contributed by atoms with E-state index in [0.29, 0.717) is 11.9 Å². The Hall–Kier alpha value is -0.530. The zero-order valence-electron chi connectivity index (χ0n) is 8.55. The maximum atomic E-state index is 11.6. The van der Waals surface area contributed by atoms with Crippen LogP contribution < -0.4 is 0 Å². The summed E-state index contributed by atoms with van der Waals surface area (Å²) in [5.74, 6) is 0.321. The van der Waals surface area contributed by atoms with Crippen LogP contribution in [0.4, 0.5) is 0 Å². The van der Waals surface area contributed by atoms with Gasteiger partial charge in [-0.2, -0.15) is 0 Å². The van der Waals surface area contributed by atoms with Crippen LogP contribution in [-0.2, 0) is 4.79 Å². The second-order valence-corrected chi connectivity index (χ2v) is 4.52. The Balaban J connectivity index is 2.81. The lowest BCUT2D eigenvalue weighted by atomic mass is 9.89. The lowest BCUT2D eigenvalue weighted by Crippen LogP contribution is -2.53. The SMILES string of the molecule is CC(C)N1C(=O)CCCC1(C)C. The summed E-state index contributed by atoms with van der Waals surface area (Å²) < 4.78 is 0. The summed E-state index contributed by atoms with van der Waals surface area (Å²) in [6.07, 6.45) is 2.92. The van der Waals surface area contributed by atoms with Gasteiger partial charge in [0, 0.05) is 18.0 Å². The van der Waals surface area contributed by atoms with E-state index in [1.807, 2.05) is 4.90 Å². The summed E-state index contributed by atoms with van der Waals surface area (Å²) in [4.78, 5) is 13.6. The van der Waals surface area contributed by atoms with Gasteiger partial charge in [-0.05, 0) is 40.5 Å². The van der Waals surface area contributed by atoms with Crippen LogP contribution >= 0.6 is 0 Å². The van der Waals surface area contributed by atoms with E-state index in [9.17, 15) is 4.79 Å². The molecule has 0 bridgehead atoms. The third kappa shape index (κ3) is 1.62. The van der Waals surface area contributed by atoms with Gasteiger partial charge in [0.15, 0.2) is 0 Å². The van der Waals surface area contributed by atoms with Gasteiger partial charge in [-0.15, -0.1) is 0 Å². The summed E-state index contributed by atoms with van der Waals surface area (Å²) in [5, 5.41) is 0. The standard InChI is InChI=1S/C10H19NO/c1-8(2)11-9(12)6-5-7-10(11,3)4/h8H,5-7H2,1-4H3. The molecule has 1 aliphatic rings. The third-order valence-electron chi connectivity index (χ3n) is 2.62. The highest BCUT2D eigenvalue weighted by Crippen LogP contribution is 2.29. The van der Waals surface area contributed by atoms with Gasteiger partial charge in [-0.1, -0.05) is 0 Å². The minimum Gasteiger partial charge on any atom is -0.335 e. The van der Waals surface area contributed by atoms with Crippen molar-refractivity contribution in [1.82, 2.24) is 4.90 Å². The molecule has 0 saturated carbocycles. The van der Waals surface area contributed by atoms with E-state index in [1.165, 1.54) is 0 Å². The molecule has 0 aromatic rings. The van der Waals surface area contributed by atoms with E-state index in [-0.39, 0.29) is 5.54 Å². The number of hydrogen-bond donors (Lipinski definition) is 0. The Labute approximate surface area is 74.9 Å². The van der Waals surface area contributed by atoms with Crippen molar-refractivity contribution in [2.45, 2.75) is 58.5 Å². The Bertz CT molecular complexity index is 184. The molecular weight excluding hydrogens is 150 g/mol. The monoisotopic (exact) mass is 169 g/mol. The van der Waals surface area contributed by atoms with Gasteiger partial charge in [-0.25, -0.2) is 0 Å². The first-order valence-corrected chi connectivity index (χ1v) is 4.77. The summed E-state index contributed by atoms with van der Waals surface area (Å²) in [5.41, 5.74) is 0.0729. The Kier molecular flexibility index (Phi) is 2.45. The van der Waals surface area contributed by atoms with Crippen molar-refractivity contribution < 1.29 is 4.79 Å². The molecule has 0 radical (unpaired) electrons. The summed E-state index contributed by atoms with van der Waals surface area (Å²) >= 11 is 0. The fraction of sp³-hybridized carbons (Fsp3) is 0.900. The van der Waals surface area contributed by atoms with E-state index >= 15 is 0 Å². The molecule has 0 N–H and O–H groups in total. The molecule has 1 rings (SSSR count). The molecule has 1 amide bonds. The highest BCUT2D eigenvalue weighted by atomic mass is 16.2. The molecule has 0 spiro atoms. The third-order valence-corrected chi connectivity index (χ3v) is 2.62. The average Bonchev–Trinajstić information content (AvgIpc) is 1.82. The van der Waals surface area contributed by atoms with Crippen molar-refractivity contribution in [3.8, 4) is 0 Å². The summed E-state index contributed by atoms with van der Waals surface area (Å²) in [6, 6.07) is 0.341. The van der Waals surface area contributed by atoms with Gasteiger partial charge < -0.3 is 4.90 Å². The first-order valence-electron chi connectivity index (χ1n) is 4.77. The topological polar surface area (TPSA) is 20.3 Å². The molecule has 0 aromatic heterocycles. The Morgan fingerprint density at radius 1 is 1.42 bits per heavy atom. The van der Waals surface area contributed by atoms with Crippen LogP contribution in [0.25, 0.3) is 0 Å². The van der Waals surface area contributed by atoms with Crippen LogP contribution in [0.3, 0.4) is 0 Å². The molecule has 0 unspecified atom stereocenters. The first kappa shape index (κ1) is 9.56. The van der Waals surface area contributed by atoms with Gasteiger partial charge in [-0.3, -0.25) is 4.79 Å². The minimum atomic E-state index is 0.0729. The second kappa shape index (κ2) is 3.08. The van der Waals surface area contributed by atoms with Gasteiger partial charge in [0.1, 0.15) is 0 Å². The molecule has 70 valence electrons. The lowest BCUT2D eigenvalue weighted by Gasteiger charge is -2.45. The number of amides is 1. The first-order chi connectivity index (χ1) is 5.45. The van der Waals surface area contributed by atoms with E-state index in [4.69, 9.17) is 0 Å². The minimum absolute atomic E-state index is 0.0729. The predicted octanol–water partition coefficient (Wildman–Crippen LogP) is 2.19. The maximum Gasteiger partial charge on any atom is 0.223 e. The van der Waals surface area contributed by atoms with E-state index in [1.54, 1.807) is 0 Å². The van der Waals surface area contributed by atoms with Crippen LogP contribution in [0, 0.1) is 0 Å². The maximum absolute atomic E-state index is 11.6. The van der Waals surface area contributed by atoms with Gasteiger partial charge in [0.2, 0.25) is 5.91 Å². The summed E-state index contributed by atoms with van der Waals surface area (Å²) in [6.45, 7) is 8.49. The highest BCUT2D eigenvalue weighted by molar-refractivity contribution is 5.78. The van der Waals surface area contributed by atoms with Crippen molar-refractivity contribution in [1.29, 1.82) is 0 Å². The highest BCUT2D eigenvalue weighted by Gasteiger charge is 2.35. The van der Waals surface area contributed by atoms with Gasteiger partial charge in [0.25, 0.3) is 0 Å². The van der Waals surface area contributed by atoms with Gasteiger partial charge >= 0.3 is 0 Å². The lowest BCUT2D eigenvalue weighted by molar-refractivity contribution is -0.143. The van der Waals surface area contributed by atoms with Crippen molar-refractivity contribution in [3.63, 3.8) is 0 Å². The average molecular weight is 169 g/mol. The van der Waals surface area contributed by atoms with Crippen LogP contribution in [0.15, 0.2) is 0 Å². The molecule has 1 heterocycles. The van der Waals surface area contributed by atoms with Crippen LogP contribution in [0.2, 0.25) is 0 Å². The van der Waals surface area contributed by atoms with E-state index in [2.05, 4.69) is 27.7 Å². The molecule has 0 aliphatic carbocycles. The van der Waals surface area contributed by atoms with Crippen LogP contribution in [-0.4, -0.2) is 22.4 Å². The number of carbonyl (C=O) groups is 1. The molecule has 1 fully saturated rings. The number of hydrogen-bond acceptors (Lipinski definition) is 1. The molecule has 2 nitrogen and oxygen atoms in total. The smallest absolute Gasteiger partial charge is 0.223 e. The molecule has 0 atom stereocenters. The van der Waals surface area contributed by atoms with Crippen molar-refractivity contribution in [2.75, 3.05) is 0 Å².